The van der Waals surface area contributed by atoms with Crippen molar-refractivity contribution in [3.05, 3.63) is 84.2 Å². The minimum Gasteiger partial charge on any atom is -0.397 e. The second-order valence-electron chi connectivity index (χ2n) is 10.1. The zero-order valence-corrected chi connectivity index (χ0v) is 24.0. The van der Waals surface area contributed by atoms with Gasteiger partial charge in [0.15, 0.2) is 0 Å². The number of rotatable bonds is 10. The van der Waals surface area contributed by atoms with Crippen molar-refractivity contribution in [2.75, 3.05) is 24.1 Å². The molecule has 2 heterocycles. The van der Waals surface area contributed by atoms with Crippen LogP contribution >= 0.6 is 0 Å². The maximum Gasteiger partial charge on any atom is 0.269 e. The van der Waals surface area contributed by atoms with E-state index < -0.39 is 34.0 Å². The number of carbonyl (C=O) groups excluding carboxylic acids is 2. The van der Waals surface area contributed by atoms with Crippen LogP contribution in [0.2, 0.25) is 0 Å². The smallest absolute Gasteiger partial charge is 0.269 e. The fourth-order valence-electron chi connectivity index (χ4n) is 4.88. The Kier molecular flexibility index (Phi) is 10.0. The van der Waals surface area contributed by atoms with Gasteiger partial charge in [-0.3, -0.25) is 14.6 Å². The molecule has 0 saturated carbocycles. The highest BCUT2D eigenvalue weighted by Crippen LogP contribution is 2.34. The third kappa shape index (κ3) is 7.77. The lowest BCUT2D eigenvalue weighted by atomic mass is 10.0. The number of aromatic nitrogens is 1. The SMILES string of the molecule is CC(=O)Nc1c(-c2ccccc2)cccc1S(=O)(=O)NC(CCCc1ccc(N)cn1)C(=O)N1CCC(=C(F)F)CC1. The maximum absolute atomic E-state index is 13.9. The minimum atomic E-state index is -4.35. The van der Waals surface area contributed by atoms with Gasteiger partial charge in [0, 0.05) is 31.3 Å². The van der Waals surface area contributed by atoms with Gasteiger partial charge in [-0.2, -0.15) is 13.5 Å². The van der Waals surface area contributed by atoms with E-state index in [1.807, 2.05) is 6.07 Å². The standard InChI is InChI=1S/C30H33F2N5O4S/c1-20(38)35-28-25(21-7-3-2-4-8-21)10-6-12-27(28)42(40,41)36-26(11-5-9-24-14-13-23(33)19-34-24)30(39)37-17-15-22(16-18-37)29(31)32/h2-4,6-8,10,12-14,19,26,36H,5,9,11,15-18,33H2,1H3,(H,35,38). The van der Waals surface area contributed by atoms with E-state index >= 15 is 0 Å². The average molecular weight is 598 g/mol. The van der Waals surface area contributed by atoms with E-state index in [9.17, 15) is 26.8 Å². The molecule has 0 radical (unpaired) electrons. The molecule has 2 aromatic carbocycles. The number of nitrogen functional groups attached to an aromatic ring is 1. The highest BCUT2D eigenvalue weighted by Gasteiger charge is 2.32. The minimum absolute atomic E-state index is 0.00304. The zero-order chi connectivity index (χ0) is 30.3. The molecule has 1 unspecified atom stereocenters. The van der Waals surface area contributed by atoms with Crippen LogP contribution < -0.4 is 15.8 Å². The van der Waals surface area contributed by atoms with E-state index in [0.29, 0.717) is 29.7 Å². The van der Waals surface area contributed by atoms with Crippen LogP contribution in [0.1, 0.15) is 38.3 Å². The molecule has 1 aromatic heterocycles. The van der Waals surface area contributed by atoms with Gasteiger partial charge < -0.3 is 16.0 Å². The van der Waals surface area contributed by atoms with Gasteiger partial charge in [-0.15, -0.1) is 0 Å². The van der Waals surface area contributed by atoms with E-state index in [-0.39, 0.29) is 48.5 Å². The summed E-state index contributed by atoms with van der Waals surface area (Å²) in [6.45, 7) is 1.40. The number of halogens is 2. The number of hydrogen-bond acceptors (Lipinski definition) is 6. The molecule has 3 aromatic rings. The van der Waals surface area contributed by atoms with Crippen molar-refractivity contribution >= 4 is 33.2 Å². The molecule has 1 saturated heterocycles. The molecule has 0 spiro atoms. The van der Waals surface area contributed by atoms with Crippen molar-refractivity contribution in [3.8, 4) is 11.1 Å². The first-order chi connectivity index (χ1) is 20.0. The number of nitrogens with two attached hydrogens (primary N) is 1. The Labute approximate surface area is 243 Å². The van der Waals surface area contributed by atoms with Crippen molar-refractivity contribution in [1.82, 2.24) is 14.6 Å². The Balaban J connectivity index is 1.63. The number of benzene rings is 2. The molecule has 1 aliphatic heterocycles. The molecular formula is C30H33F2N5O4S. The predicted molar refractivity (Wildman–Crippen MR) is 157 cm³/mol. The topological polar surface area (TPSA) is 134 Å². The maximum atomic E-state index is 13.9. The molecule has 1 aliphatic rings. The molecule has 0 aliphatic carbocycles. The summed E-state index contributed by atoms with van der Waals surface area (Å²) < 4.78 is 56.5. The highest BCUT2D eigenvalue weighted by molar-refractivity contribution is 7.89. The summed E-state index contributed by atoms with van der Waals surface area (Å²) in [5.41, 5.74) is 8.22. The second-order valence-corrected chi connectivity index (χ2v) is 11.7. The fourth-order valence-corrected chi connectivity index (χ4v) is 6.29. The Bertz CT molecular complexity index is 1550. The molecular weight excluding hydrogens is 564 g/mol. The molecule has 222 valence electrons. The summed E-state index contributed by atoms with van der Waals surface area (Å²) >= 11 is 0. The van der Waals surface area contributed by atoms with Gasteiger partial charge in [0.2, 0.25) is 21.8 Å². The number of amides is 2. The van der Waals surface area contributed by atoms with Crippen LogP contribution in [0.5, 0.6) is 0 Å². The molecule has 1 fully saturated rings. The Morgan fingerprint density at radius 1 is 1.02 bits per heavy atom. The van der Waals surface area contributed by atoms with Crippen molar-refractivity contribution in [2.45, 2.75) is 50.0 Å². The first kappa shape index (κ1) is 30.8. The van der Waals surface area contributed by atoms with Crippen molar-refractivity contribution in [2.24, 2.45) is 0 Å². The van der Waals surface area contributed by atoms with Crippen LogP contribution in [-0.2, 0) is 26.0 Å². The van der Waals surface area contributed by atoms with Crippen LogP contribution in [0, 0.1) is 0 Å². The molecule has 0 bridgehead atoms. The molecule has 2 amide bonds. The molecule has 4 N–H and O–H groups in total. The number of para-hydroxylation sites is 1. The number of carbonyl (C=O) groups is 2. The van der Waals surface area contributed by atoms with E-state index in [1.165, 1.54) is 24.1 Å². The van der Waals surface area contributed by atoms with E-state index in [1.54, 1.807) is 48.5 Å². The third-order valence-electron chi connectivity index (χ3n) is 7.02. The first-order valence-electron chi connectivity index (χ1n) is 13.6. The highest BCUT2D eigenvalue weighted by atomic mass is 32.2. The lowest BCUT2D eigenvalue weighted by Crippen LogP contribution is -2.50. The predicted octanol–water partition coefficient (Wildman–Crippen LogP) is 4.73. The monoisotopic (exact) mass is 597 g/mol. The quantitative estimate of drug-likeness (QED) is 0.309. The van der Waals surface area contributed by atoms with Gasteiger partial charge in [-0.05, 0) is 61.4 Å². The Morgan fingerprint density at radius 3 is 2.36 bits per heavy atom. The summed E-state index contributed by atoms with van der Waals surface area (Å²) in [6.07, 6.45) is 0.840. The Morgan fingerprint density at radius 2 is 1.74 bits per heavy atom. The van der Waals surface area contributed by atoms with E-state index in [0.717, 1.165) is 5.69 Å². The van der Waals surface area contributed by atoms with Gasteiger partial charge in [0.1, 0.15) is 10.9 Å². The lowest BCUT2D eigenvalue weighted by molar-refractivity contribution is -0.133. The number of likely N-dealkylation sites (tertiary alicyclic amines) is 1. The average Bonchev–Trinajstić information content (AvgIpc) is 2.97. The van der Waals surface area contributed by atoms with Gasteiger partial charge in [-0.25, -0.2) is 8.42 Å². The largest absolute Gasteiger partial charge is 0.397 e. The number of anilines is 2. The normalized spacial score (nSPS) is 14.4. The van der Waals surface area contributed by atoms with Gasteiger partial charge in [0.25, 0.3) is 6.08 Å². The summed E-state index contributed by atoms with van der Waals surface area (Å²) in [6, 6.07) is 15.9. The number of nitrogens with one attached hydrogen (secondary N) is 2. The summed E-state index contributed by atoms with van der Waals surface area (Å²) in [4.78, 5) is 31.2. The summed E-state index contributed by atoms with van der Waals surface area (Å²) in [7, 11) is -4.35. The van der Waals surface area contributed by atoms with Crippen molar-refractivity contribution < 1.29 is 26.8 Å². The van der Waals surface area contributed by atoms with Gasteiger partial charge in [0.05, 0.1) is 17.6 Å². The summed E-state index contributed by atoms with van der Waals surface area (Å²) in [5, 5.41) is 2.65. The third-order valence-corrected chi connectivity index (χ3v) is 8.53. The number of aryl methyl sites for hydroxylation is 1. The van der Waals surface area contributed by atoms with Gasteiger partial charge in [-0.1, -0.05) is 42.5 Å². The molecule has 42 heavy (non-hydrogen) atoms. The van der Waals surface area contributed by atoms with Gasteiger partial charge >= 0.3 is 0 Å². The number of hydrogen-bond donors (Lipinski definition) is 3. The lowest BCUT2D eigenvalue weighted by Gasteiger charge is -2.31. The zero-order valence-electron chi connectivity index (χ0n) is 23.1. The van der Waals surface area contributed by atoms with Crippen molar-refractivity contribution in [3.63, 3.8) is 0 Å². The van der Waals surface area contributed by atoms with Crippen LogP contribution in [-0.4, -0.2) is 49.2 Å². The number of piperidine rings is 1. The number of pyridine rings is 1. The molecule has 12 heteroatoms. The van der Waals surface area contributed by atoms with Crippen molar-refractivity contribution in [1.29, 1.82) is 0 Å². The second kappa shape index (κ2) is 13.7. The molecule has 1 atom stereocenters. The summed E-state index contributed by atoms with van der Waals surface area (Å²) in [5.74, 6) is -0.960. The van der Waals surface area contributed by atoms with E-state index in [4.69, 9.17) is 5.73 Å². The fraction of sp³-hybridized carbons (Fsp3) is 0.300. The number of sulfonamides is 1. The van der Waals surface area contributed by atoms with E-state index in [2.05, 4.69) is 15.0 Å². The number of nitrogens with zero attached hydrogens (tertiary/aromatic N) is 2. The van der Waals surface area contributed by atoms with Crippen LogP contribution in [0.15, 0.2) is 83.4 Å². The van der Waals surface area contributed by atoms with Crippen LogP contribution in [0.25, 0.3) is 11.1 Å². The van der Waals surface area contributed by atoms with Crippen LogP contribution in [0.3, 0.4) is 0 Å². The molecule has 4 rings (SSSR count). The molecule has 9 nitrogen and oxygen atoms in total. The first-order valence-corrected chi connectivity index (χ1v) is 15.0. The Hall–Kier alpha value is -4.16. The van der Waals surface area contributed by atoms with Crippen LogP contribution in [0.4, 0.5) is 20.2 Å².